The Bertz CT molecular complexity index is 180. The lowest BCUT2D eigenvalue weighted by Gasteiger charge is -2.18. The maximum atomic E-state index is 11.7. The highest BCUT2D eigenvalue weighted by Gasteiger charge is 2.31. The summed E-state index contributed by atoms with van der Waals surface area (Å²) in [6.07, 6.45) is 2.02. The number of amides is 1. The summed E-state index contributed by atoms with van der Waals surface area (Å²) in [5.74, 6) is 0.402. The number of carbonyl (C=O) groups excluding carboxylic acids is 1. The van der Waals surface area contributed by atoms with Crippen molar-refractivity contribution < 1.29 is 4.79 Å². The van der Waals surface area contributed by atoms with Gasteiger partial charge in [0.1, 0.15) is 0 Å². The van der Waals surface area contributed by atoms with Crippen molar-refractivity contribution in [3.63, 3.8) is 0 Å². The minimum absolute atomic E-state index is 0.187. The summed E-state index contributed by atoms with van der Waals surface area (Å²) in [6, 6.07) is 0.643. The summed E-state index contributed by atoms with van der Waals surface area (Å²) in [4.78, 5) is 11.7. The Morgan fingerprint density at radius 1 is 1.62 bits per heavy atom. The van der Waals surface area contributed by atoms with E-state index in [4.69, 9.17) is 0 Å². The number of hydrogen-bond acceptors (Lipinski definition) is 2. The van der Waals surface area contributed by atoms with Gasteiger partial charge >= 0.3 is 0 Å². The molecule has 1 saturated heterocycles. The second-order valence-corrected chi connectivity index (χ2v) is 4.03. The third-order valence-electron chi connectivity index (χ3n) is 2.56. The van der Waals surface area contributed by atoms with Gasteiger partial charge in [0, 0.05) is 12.1 Å². The van der Waals surface area contributed by atoms with Gasteiger partial charge in [-0.2, -0.15) is 0 Å². The molecular weight excluding hydrogens is 164 g/mol. The van der Waals surface area contributed by atoms with E-state index >= 15 is 0 Å². The smallest absolute Gasteiger partial charge is 0.224 e. The SMILES string of the molecule is CCC1NCCC1C(=O)NC(C)C. The van der Waals surface area contributed by atoms with Gasteiger partial charge in [-0.15, -0.1) is 0 Å². The van der Waals surface area contributed by atoms with Crippen LogP contribution < -0.4 is 10.6 Å². The fourth-order valence-electron chi connectivity index (χ4n) is 1.90. The average molecular weight is 184 g/mol. The molecule has 13 heavy (non-hydrogen) atoms. The van der Waals surface area contributed by atoms with Crippen LogP contribution in [0.15, 0.2) is 0 Å². The molecule has 1 rings (SSSR count). The van der Waals surface area contributed by atoms with Crippen molar-refractivity contribution in [2.45, 2.75) is 45.7 Å². The molecular formula is C10H20N2O. The molecule has 0 aromatic rings. The first-order valence-corrected chi connectivity index (χ1v) is 5.19. The number of rotatable bonds is 3. The molecule has 0 radical (unpaired) electrons. The van der Waals surface area contributed by atoms with Gasteiger partial charge in [0.05, 0.1) is 5.92 Å². The Morgan fingerprint density at radius 2 is 2.31 bits per heavy atom. The molecule has 1 fully saturated rings. The summed E-state index contributed by atoms with van der Waals surface area (Å²) < 4.78 is 0. The van der Waals surface area contributed by atoms with E-state index in [-0.39, 0.29) is 17.9 Å². The summed E-state index contributed by atoms with van der Waals surface area (Å²) in [6.45, 7) is 7.11. The van der Waals surface area contributed by atoms with E-state index in [0.29, 0.717) is 6.04 Å². The van der Waals surface area contributed by atoms with Crippen LogP contribution in [0.5, 0.6) is 0 Å². The van der Waals surface area contributed by atoms with Crippen LogP contribution >= 0.6 is 0 Å². The summed E-state index contributed by atoms with van der Waals surface area (Å²) in [5.41, 5.74) is 0. The fraction of sp³-hybridized carbons (Fsp3) is 0.900. The third-order valence-corrected chi connectivity index (χ3v) is 2.56. The van der Waals surface area contributed by atoms with Gasteiger partial charge in [-0.05, 0) is 33.2 Å². The highest BCUT2D eigenvalue weighted by atomic mass is 16.2. The second kappa shape index (κ2) is 4.61. The van der Waals surface area contributed by atoms with E-state index in [2.05, 4.69) is 17.6 Å². The van der Waals surface area contributed by atoms with E-state index in [1.54, 1.807) is 0 Å². The summed E-state index contributed by atoms with van der Waals surface area (Å²) in [7, 11) is 0. The zero-order chi connectivity index (χ0) is 9.84. The molecule has 2 N–H and O–H groups in total. The molecule has 1 amide bonds. The largest absolute Gasteiger partial charge is 0.354 e. The van der Waals surface area contributed by atoms with Crippen molar-refractivity contribution in [1.82, 2.24) is 10.6 Å². The lowest BCUT2D eigenvalue weighted by molar-refractivity contribution is -0.125. The normalized spacial score (nSPS) is 28.0. The van der Waals surface area contributed by atoms with E-state index in [9.17, 15) is 4.79 Å². The van der Waals surface area contributed by atoms with Crippen LogP contribution in [0.25, 0.3) is 0 Å². The van der Waals surface area contributed by atoms with E-state index in [0.717, 1.165) is 19.4 Å². The number of hydrogen-bond donors (Lipinski definition) is 2. The van der Waals surface area contributed by atoms with Crippen molar-refractivity contribution in [2.75, 3.05) is 6.54 Å². The Labute approximate surface area is 80.3 Å². The third kappa shape index (κ3) is 2.69. The molecule has 1 heterocycles. The minimum atomic E-state index is 0.187. The predicted octanol–water partition coefficient (Wildman–Crippen LogP) is 0.899. The Balaban J connectivity index is 2.45. The fourth-order valence-corrected chi connectivity index (χ4v) is 1.90. The highest BCUT2D eigenvalue weighted by molar-refractivity contribution is 5.80. The van der Waals surface area contributed by atoms with Gasteiger partial charge in [0.15, 0.2) is 0 Å². The Kier molecular flexibility index (Phi) is 3.72. The first kappa shape index (κ1) is 10.5. The first-order valence-electron chi connectivity index (χ1n) is 5.19. The molecule has 2 unspecified atom stereocenters. The van der Waals surface area contributed by atoms with Gasteiger partial charge in [-0.1, -0.05) is 6.92 Å². The van der Waals surface area contributed by atoms with Gasteiger partial charge in [0.25, 0.3) is 0 Å². The summed E-state index contributed by atoms with van der Waals surface area (Å²) >= 11 is 0. The van der Waals surface area contributed by atoms with Gasteiger partial charge in [-0.3, -0.25) is 4.79 Å². The topological polar surface area (TPSA) is 41.1 Å². The molecule has 0 aliphatic carbocycles. The van der Waals surface area contributed by atoms with Crippen LogP contribution in [0.2, 0.25) is 0 Å². The molecule has 3 heteroatoms. The lowest BCUT2D eigenvalue weighted by Crippen LogP contribution is -2.40. The second-order valence-electron chi connectivity index (χ2n) is 4.03. The van der Waals surface area contributed by atoms with Crippen LogP contribution in [0.4, 0.5) is 0 Å². The van der Waals surface area contributed by atoms with E-state index in [1.807, 2.05) is 13.8 Å². The van der Waals surface area contributed by atoms with Crippen LogP contribution in [-0.2, 0) is 4.79 Å². The van der Waals surface area contributed by atoms with Crippen molar-refractivity contribution in [3.05, 3.63) is 0 Å². The molecule has 0 spiro atoms. The molecule has 1 aliphatic heterocycles. The van der Waals surface area contributed by atoms with Crippen molar-refractivity contribution >= 4 is 5.91 Å². The zero-order valence-corrected chi connectivity index (χ0v) is 8.76. The van der Waals surface area contributed by atoms with Gasteiger partial charge < -0.3 is 10.6 Å². The summed E-state index contributed by atoms with van der Waals surface area (Å²) in [5, 5.41) is 6.32. The number of carbonyl (C=O) groups is 1. The first-order chi connectivity index (χ1) is 6.15. The minimum Gasteiger partial charge on any atom is -0.354 e. The van der Waals surface area contributed by atoms with Crippen molar-refractivity contribution in [2.24, 2.45) is 5.92 Å². The van der Waals surface area contributed by atoms with E-state index in [1.165, 1.54) is 0 Å². The number of nitrogens with one attached hydrogen (secondary N) is 2. The molecule has 0 bridgehead atoms. The van der Waals surface area contributed by atoms with Crippen LogP contribution in [0.1, 0.15) is 33.6 Å². The maximum Gasteiger partial charge on any atom is 0.224 e. The zero-order valence-electron chi connectivity index (χ0n) is 8.76. The highest BCUT2D eigenvalue weighted by Crippen LogP contribution is 2.18. The predicted molar refractivity (Wildman–Crippen MR) is 53.5 cm³/mol. The monoisotopic (exact) mass is 184 g/mol. The van der Waals surface area contributed by atoms with Gasteiger partial charge in [-0.25, -0.2) is 0 Å². The van der Waals surface area contributed by atoms with Gasteiger partial charge in [0.2, 0.25) is 5.91 Å². The van der Waals surface area contributed by atoms with E-state index < -0.39 is 0 Å². The van der Waals surface area contributed by atoms with Crippen molar-refractivity contribution in [3.8, 4) is 0 Å². The maximum absolute atomic E-state index is 11.7. The molecule has 2 atom stereocenters. The quantitative estimate of drug-likeness (QED) is 0.684. The molecule has 0 aromatic carbocycles. The molecule has 76 valence electrons. The average Bonchev–Trinajstić information content (AvgIpc) is 2.49. The molecule has 3 nitrogen and oxygen atoms in total. The molecule has 0 saturated carbocycles. The van der Waals surface area contributed by atoms with Crippen LogP contribution in [-0.4, -0.2) is 24.5 Å². The van der Waals surface area contributed by atoms with Crippen LogP contribution in [0, 0.1) is 5.92 Å². The molecule has 0 aromatic heterocycles. The Hall–Kier alpha value is -0.570. The lowest BCUT2D eigenvalue weighted by atomic mass is 9.97. The standard InChI is InChI=1S/C10H20N2O/c1-4-9-8(5-6-11-9)10(13)12-7(2)3/h7-9,11H,4-6H2,1-3H3,(H,12,13). The van der Waals surface area contributed by atoms with Crippen molar-refractivity contribution in [1.29, 1.82) is 0 Å². The molecule has 1 aliphatic rings. The Morgan fingerprint density at radius 3 is 2.85 bits per heavy atom. The van der Waals surface area contributed by atoms with Crippen LogP contribution in [0.3, 0.4) is 0 Å².